The van der Waals surface area contributed by atoms with Gasteiger partial charge in [0.25, 0.3) is 0 Å². The van der Waals surface area contributed by atoms with Gasteiger partial charge in [-0.1, -0.05) is 20.8 Å². The Morgan fingerprint density at radius 2 is 1.84 bits per heavy atom. The SMILES string of the molecule is CCC1CNCCC1(O)C1(C#N)CCC(C)(C)CC1. The summed E-state index contributed by atoms with van der Waals surface area (Å²) in [4.78, 5) is 0. The summed E-state index contributed by atoms with van der Waals surface area (Å²) in [7, 11) is 0. The van der Waals surface area contributed by atoms with Crippen molar-refractivity contribution in [3.8, 4) is 6.07 Å². The molecule has 1 saturated heterocycles. The molecule has 0 bridgehead atoms. The first kappa shape index (κ1) is 14.8. The van der Waals surface area contributed by atoms with E-state index in [0.717, 1.165) is 51.6 Å². The monoisotopic (exact) mass is 264 g/mol. The lowest BCUT2D eigenvalue weighted by Gasteiger charge is -2.53. The fourth-order valence-electron chi connectivity index (χ4n) is 4.04. The number of hydrogen-bond acceptors (Lipinski definition) is 3. The van der Waals surface area contributed by atoms with Gasteiger partial charge in [0.2, 0.25) is 0 Å². The summed E-state index contributed by atoms with van der Waals surface area (Å²) < 4.78 is 0. The van der Waals surface area contributed by atoms with Crippen LogP contribution < -0.4 is 5.32 Å². The van der Waals surface area contributed by atoms with Crippen LogP contribution >= 0.6 is 0 Å². The van der Waals surface area contributed by atoms with Crippen molar-refractivity contribution in [2.75, 3.05) is 13.1 Å². The van der Waals surface area contributed by atoms with E-state index >= 15 is 0 Å². The first-order chi connectivity index (χ1) is 8.89. The Labute approximate surface area is 117 Å². The van der Waals surface area contributed by atoms with Gasteiger partial charge in [-0.2, -0.15) is 5.26 Å². The average Bonchev–Trinajstić information content (AvgIpc) is 2.39. The van der Waals surface area contributed by atoms with E-state index in [9.17, 15) is 10.4 Å². The van der Waals surface area contributed by atoms with Crippen molar-refractivity contribution in [3.05, 3.63) is 0 Å². The summed E-state index contributed by atoms with van der Waals surface area (Å²) in [6.07, 6.45) is 5.46. The number of nitrogens with one attached hydrogen (secondary N) is 1. The fraction of sp³-hybridized carbons (Fsp3) is 0.938. The van der Waals surface area contributed by atoms with Crippen LogP contribution in [-0.4, -0.2) is 23.8 Å². The van der Waals surface area contributed by atoms with Gasteiger partial charge in [0.1, 0.15) is 0 Å². The van der Waals surface area contributed by atoms with Gasteiger partial charge < -0.3 is 10.4 Å². The Morgan fingerprint density at radius 1 is 1.21 bits per heavy atom. The molecule has 108 valence electrons. The molecule has 1 heterocycles. The highest BCUT2D eigenvalue weighted by atomic mass is 16.3. The van der Waals surface area contributed by atoms with Crippen LogP contribution in [0.5, 0.6) is 0 Å². The van der Waals surface area contributed by atoms with Crippen molar-refractivity contribution >= 4 is 0 Å². The predicted molar refractivity (Wildman–Crippen MR) is 76.5 cm³/mol. The van der Waals surface area contributed by atoms with E-state index in [1.807, 2.05) is 0 Å². The molecule has 2 N–H and O–H groups in total. The van der Waals surface area contributed by atoms with Crippen molar-refractivity contribution in [2.24, 2.45) is 16.7 Å². The lowest BCUT2D eigenvalue weighted by Crippen LogP contribution is -2.60. The van der Waals surface area contributed by atoms with Gasteiger partial charge in [0.15, 0.2) is 0 Å². The van der Waals surface area contributed by atoms with E-state index in [1.54, 1.807) is 0 Å². The van der Waals surface area contributed by atoms with E-state index < -0.39 is 11.0 Å². The number of aliphatic hydroxyl groups is 1. The number of hydrogen-bond donors (Lipinski definition) is 2. The summed E-state index contributed by atoms with van der Waals surface area (Å²) in [5, 5.41) is 24.5. The molecule has 0 aromatic carbocycles. The van der Waals surface area contributed by atoms with Crippen molar-refractivity contribution in [3.63, 3.8) is 0 Å². The molecule has 2 atom stereocenters. The van der Waals surface area contributed by atoms with Crippen molar-refractivity contribution < 1.29 is 5.11 Å². The van der Waals surface area contributed by atoms with Crippen LogP contribution in [-0.2, 0) is 0 Å². The lowest BCUT2D eigenvalue weighted by atomic mass is 9.54. The number of piperidine rings is 1. The van der Waals surface area contributed by atoms with Gasteiger partial charge in [-0.3, -0.25) is 0 Å². The van der Waals surface area contributed by atoms with Crippen LogP contribution in [0.4, 0.5) is 0 Å². The van der Waals surface area contributed by atoms with Crippen LogP contribution in [0.2, 0.25) is 0 Å². The maximum atomic E-state index is 11.3. The quantitative estimate of drug-likeness (QED) is 0.806. The first-order valence-corrected chi connectivity index (χ1v) is 7.73. The van der Waals surface area contributed by atoms with E-state index in [1.165, 1.54) is 0 Å². The van der Waals surface area contributed by atoms with Gasteiger partial charge in [-0.05, 0) is 50.5 Å². The third-order valence-corrected chi connectivity index (χ3v) is 5.74. The van der Waals surface area contributed by atoms with Gasteiger partial charge in [-0.15, -0.1) is 0 Å². The Bertz CT molecular complexity index is 361. The van der Waals surface area contributed by atoms with E-state index in [0.29, 0.717) is 5.41 Å². The molecule has 1 aliphatic carbocycles. The molecule has 0 spiro atoms. The highest BCUT2D eigenvalue weighted by molar-refractivity contribution is 5.16. The third kappa shape index (κ3) is 2.41. The molecular weight excluding hydrogens is 236 g/mol. The minimum absolute atomic E-state index is 0.210. The lowest BCUT2D eigenvalue weighted by molar-refractivity contribution is -0.139. The Hall–Kier alpha value is -0.590. The average molecular weight is 264 g/mol. The Morgan fingerprint density at radius 3 is 2.37 bits per heavy atom. The maximum absolute atomic E-state index is 11.3. The molecule has 2 rings (SSSR count). The molecule has 2 fully saturated rings. The van der Waals surface area contributed by atoms with Crippen molar-refractivity contribution in [2.45, 2.75) is 64.9 Å². The normalized spacial score (nSPS) is 37.5. The second-order valence-electron chi connectivity index (χ2n) is 7.34. The zero-order chi connectivity index (χ0) is 14.1. The minimum atomic E-state index is -0.793. The molecule has 0 aromatic rings. The zero-order valence-corrected chi connectivity index (χ0v) is 12.6. The van der Waals surface area contributed by atoms with Crippen LogP contribution in [0, 0.1) is 28.1 Å². The maximum Gasteiger partial charge on any atom is 0.0885 e. The molecule has 0 amide bonds. The van der Waals surface area contributed by atoms with Crippen LogP contribution in [0.3, 0.4) is 0 Å². The van der Waals surface area contributed by atoms with Crippen LogP contribution in [0.1, 0.15) is 59.3 Å². The molecule has 1 saturated carbocycles. The van der Waals surface area contributed by atoms with Crippen LogP contribution in [0.25, 0.3) is 0 Å². The smallest absolute Gasteiger partial charge is 0.0885 e. The van der Waals surface area contributed by atoms with E-state index in [2.05, 4.69) is 32.2 Å². The molecule has 3 nitrogen and oxygen atoms in total. The van der Waals surface area contributed by atoms with Gasteiger partial charge in [0.05, 0.1) is 17.1 Å². The van der Waals surface area contributed by atoms with Crippen molar-refractivity contribution in [1.29, 1.82) is 5.26 Å². The van der Waals surface area contributed by atoms with E-state index in [-0.39, 0.29) is 5.92 Å². The summed E-state index contributed by atoms with van der Waals surface area (Å²) >= 11 is 0. The molecule has 1 aliphatic heterocycles. The molecule has 0 radical (unpaired) electrons. The predicted octanol–water partition coefficient (Wildman–Crippen LogP) is 2.85. The first-order valence-electron chi connectivity index (χ1n) is 7.73. The summed E-state index contributed by atoms with van der Waals surface area (Å²) in [6, 6.07) is 2.55. The summed E-state index contributed by atoms with van der Waals surface area (Å²) in [5.41, 5.74) is -0.991. The molecule has 19 heavy (non-hydrogen) atoms. The largest absolute Gasteiger partial charge is 0.388 e. The second kappa shape index (κ2) is 5.07. The minimum Gasteiger partial charge on any atom is -0.388 e. The molecular formula is C16H28N2O. The Balaban J connectivity index is 2.28. The standard InChI is InChI=1S/C16H28N2O/c1-4-13-11-18-10-9-16(13,19)15(12-17)7-5-14(2,3)6-8-15/h13,18-19H,4-11H2,1-3H3. The Kier molecular flexibility index (Phi) is 3.95. The van der Waals surface area contributed by atoms with Gasteiger partial charge >= 0.3 is 0 Å². The topological polar surface area (TPSA) is 56.0 Å². The summed E-state index contributed by atoms with van der Waals surface area (Å²) in [5.74, 6) is 0.210. The molecule has 2 aliphatic rings. The van der Waals surface area contributed by atoms with E-state index in [4.69, 9.17) is 0 Å². The van der Waals surface area contributed by atoms with Gasteiger partial charge in [-0.25, -0.2) is 0 Å². The summed E-state index contributed by atoms with van der Waals surface area (Å²) in [6.45, 7) is 8.36. The third-order valence-electron chi connectivity index (χ3n) is 5.74. The zero-order valence-electron chi connectivity index (χ0n) is 12.6. The number of rotatable bonds is 2. The fourth-order valence-corrected chi connectivity index (χ4v) is 4.04. The molecule has 0 aromatic heterocycles. The van der Waals surface area contributed by atoms with Gasteiger partial charge in [0, 0.05) is 12.5 Å². The molecule has 2 unspecified atom stereocenters. The number of nitriles is 1. The highest BCUT2D eigenvalue weighted by Gasteiger charge is 2.56. The second-order valence-corrected chi connectivity index (χ2v) is 7.34. The van der Waals surface area contributed by atoms with Crippen LogP contribution in [0.15, 0.2) is 0 Å². The van der Waals surface area contributed by atoms with Crippen molar-refractivity contribution in [1.82, 2.24) is 5.32 Å². The highest BCUT2D eigenvalue weighted by Crippen LogP contribution is 2.54. The number of nitrogens with zero attached hydrogens (tertiary/aromatic N) is 1. The molecule has 3 heteroatoms.